The summed E-state index contributed by atoms with van der Waals surface area (Å²) in [6.07, 6.45) is 0.548. The van der Waals surface area contributed by atoms with Crippen LogP contribution in [0.1, 0.15) is 27.2 Å². The van der Waals surface area contributed by atoms with E-state index in [9.17, 15) is 4.79 Å². The molecular formula is C12H17NOS. The lowest BCUT2D eigenvalue weighted by Gasteiger charge is -2.16. The summed E-state index contributed by atoms with van der Waals surface area (Å²) >= 11 is 1.37. The average Bonchev–Trinajstić information content (AvgIpc) is 2.14. The zero-order valence-electron chi connectivity index (χ0n) is 9.41. The first kappa shape index (κ1) is 12.1. The highest BCUT2D eigenvalue weighted by Crippen LogP contribution is 2.20. The maximum Gasteiger partial charge on any atom is 0.230 e. The van der Waals surface area contributed by atoms with E-state index in [1.807, 2.05) is 30.3 Å². The van der Waals surface area contributed by atoms with Gasteiger partial charge in [-0.25, -0.2) is 0 Å². The number of carbonyl (C=O) groups excluding carboxylic acids is 1. The van der Waals surface area contributed by atoms with Crippen LogP contribution in [0.3, 0.4) is 0 Å². The Kier molecular flexibility index (Phi) is 4.21. The van der Waals surface area contributed by atoms with Gasteiger partial charge in [-0.2, -0.15) is 0 Å². The molecule has 0 aliphatic rings. The molecule has 0 aliphatic carbocycles. The summed E-state index contributed by atoms with van der Waals surface area (Å²) in [5, 5.41) is 0. The number of hydrogen-bond acceptors (Lipinski definition) is 2. The van der Waals surface area contributed by atoms with Crippen LogP contribution in [0.25, 0.3) is 0 Å². The van der Waals surface area contributed by atoms with Crippen molar-refractivity contribution in [1.29, 1.82) is 0 Å². The third-order valence-corrected chi connectivity index (χ3v) is 2.55. The van der Waals surface area contributed by atoms with Crippen LogP contribution < -0.4 is 4.72 Å². The topological polar surface area (TPSA) is 29.1 Å². The van der Waals surface area contributed by atoms with Crippen LogP contribution in [-0.4, -0.2) is 5.91 Å². The Bertz CT molecular complexity index is 316. The summed E-state index contributed by atoms with van der Waals surface area (Å²) in [5.41, 5.74) is 0.0430. The predicted octanol–water partition coefficient (Wildman–Crippen LogP) is 3.25. The molecule has 0 aromatic heterocycles. The number of hydrogen-bond donors (Lipinski definition) is 1. The number of benzene rings is 1. The quantitative estimate of drug-likeness (QED) is 0.797. The minimum Gasteiger partial charge on any atom is -0.296 e. The first-order chi connectivity index (χ1) is 6.97. The van der Waals surface area contributed by atoms with Crippen molar-refractivity contribution in [1.82, 2.24) is 4.72 Å². The Morgan fingerprint density at radius 2 is 1.87 bits per heavy atom. The van der Waals surface area contributed by atoms with Crippen LogP contribution in [-0.2, 0) is 4.79 Å². The minimum atomic E-state index is 0.0430. The third kappa shape index (κ3) is 5.47. The van der Waals surface area contributed by atoms with E-state index in [4.69, 9.17) is 0 Å². The summed E-state index contributed by atoms with van der Waals surface area (Å²) in [6.45, 7) is 6.17. The van der Waals surface area contributed by atoms with Gasteiger partial charge in [-0.3, -0.25) is 9.52 Å². The summed E-state index contributed by atoms with van der Waals surface area (Å²) < 4.78 is 2.83. The molecule has 0 radical (unpaired) electrons. The number of carbonyl (C=O) groups is 1. The minimum absolute atomic E-state index is 0.0430. The van der Waals surface area contributed by atoms with E-state index in [1.165, 1.54) is 11.9 Å². The summed E-state index contributed by atoms with van der Waals surface area (Å²) in [5.74, 6) is 0.0800. The lowest BCUT2D eigenvalue weighted by atomic mass is 9.92. The molecule has 15 heavy (non-hydrogen) atoms. The lowest BCUT2D eigenvalue weighted by Crippen LogP contribution is -2.22. The van der Waals surface area contributed by atoms with Crippen LogP contribution in [0.4, 0.5) is 0 Å². The molecule has 0 bridgehead atoms. The van der Waals surface area contributed by atoms with Gasteiger partial charge in [0.25, 0.3) is 0 Å². The molecule has 3 heteroatoms. The number of rotatable bonds is 3. The molecule has 1 aromatic carbocycles. The fourth-order valence-corrected chi connectivity index (χ4v) is 1.72. The Hall–Kier alpha value is -0.960. The van der Waals surface area contributed by atoms with Crippen LogP contribution in [0.2, 0.25) is 0 Å². The van der Waals surface area contributed by atoms with Crippen molar-refractivity contribution < 1.29 is 4.79 Å². The monoisotopic (exact) mass is 223 g/mol. The van der Waals surface area contributed by atoms with Crippen molar-refractivity contribution in [3.63, 3.8) is 0 Å². The van der Waals surface area contributed by atoms with E-state index in [0.717, 1.165) is 4.90 Å². The standard InChI is InChI=1S/C12H17NOS/c1-12(2,3)9-11(14)13-15-10-7-5-4-6-8-10/h4-8H,9H2,1-3H3,(H,13,14). The van der Waals surface area contributed by atoms with Gasteiger partial charge in [-0.1, -0.05) is 39.0 Å². The van der Waals surface area contributed by atoms with Gasteiger partial charge in [0, 0.05) is 11.3 Å². The van der Waals surface area contributed by atoms with Gasteiger partial charge in [-0.15, -0.1) is 0 Å². The zero-order chi connectivity index (χ0) is 11.3. The normalized spacial score (nSPS) is 11.1. The highest BCUT2D eigenvalue weighted by Gasteiger charge is 2.15. The molecule has 82 valence electrons. The van der Waals surface area contributed by atoms with Gasteiger partial charge in [-0.05, 0) is 29.5 Å². The molecule has 0 heterocycles. The largest absolute Gasteiger partial charge is 0.296 e. The van der Waals surface area contributed by atoms with E-state index in [0.29, 0.717) is 6.42 Å². The van der Waals surface area contributed by atoms with Crippen molar-refractivity contribution in [2.45, 2.75) is 32.1 Å². The van der Waals surface area contributed by atoms with Crippen molar-refractivity contribution in [3.05, 3.63) is 30.3 Å². The number of amides is 1. The van der Waals surface area contributed by atoms with Gasteiger partial charge >= 0.3 is 0 Å². The molecule has 2 nitrogen and oxygen atoms in total. The van der Waals surface area contributed by atoms with E-state index in [2.05, 4.69) is 25.5 Å². The van der Waals surface area contributed by atoms with Crippen molar-refractivity contribution in [2.24, 2.45) is 5.41 Å². The van der Waals surface area contributed by atoms with Crippen LogP contribution in [0, 0.1) is 5.41 Å². The van der Waals surface area contributed by atoms with Crippen molar-refractivity contribution in [3.8, 4) is 0 Å². The van der Waals surface area contributed by atoms with Gasteiger partial charge in [0.2, 0.25) is 5.91 Å². The van der Waals surface area contributed by atoms with E-state index >= 15 is 0 Å². The van der Waals surface area contributed by atoms with Crippen LogP contribution in [0.5, 0.6) is 0 Å². The second-order valence-corrected chi connectivity index (χ2v) is 5.56. The second-order valence-electron chi connectivity index (χ2n) is 4.68. The molecule has 1 rings (SSSR count). The maximum atomic E-state index is 11.5. The molecule has 1 N–H and O–H groups in total. The molecule has 1 aromatic rings. The third-order valence-electron chi connectivity index (χ3n) is 1.72. The molecule has 0 saturated carbocycles. The van der Waals surface area contributed by atoms with E-state index in [1.54, 1.807) is 0 Å². The summed E-state index contributed by atoms with van der Waals surface area (Å²) in [6, 6.07) is 9.82. The number of nitrogens with one attached hydrogen (secondary N) is 1. The van der Waals surface area contributed by atoms with Crippen molar-refractivity contribution in [2.75, 3.05) is 0 Å². The van der Waals surface area contributed by atoms with Gasteiger partial charge in [0.05, 0.1) is 0 Å². The molecule has 0 unspecified atom stereocenters. The SMILES string of the molecule is CC(C)(C)CC(=O)NSc1ccccc1. The molecule has 0 atom stereocenters. The molecule has 0 saturated heterocycles. The fraction of sp³-hybridized carbons (Fsp3) is 0.417. The smallest absolute Gasteiger partial charge is 0.230 e. The van der Waals surface area contributed by atoms with Crippen LogP contribution in [0.15, 0.2) is 35.2 Å². The van der Waals surface area contributed by atoms with E-state index < -0.39 is 0 Å². The fourth-order valence-electron chi connectivity index (χ4n) is 1.12. The van der Waals surface area contributed by atoms with Crippen molar-refractivity contribution >= 4 is 17.9 Å². The second kappa shape index (κ2) is 5.21. The Morgan fingerprint density at radius 3 is 2.40 bits per heavy atom. The highest BCUT2D eigenvalue weighted by molar-refractivity contribution is 7.98. The summed E-state index contributed by atoms with van der Waals surface area (Å²) in [7, 11) is 0. The average molecular weight is 223 g/mol. The Labute approximate surface area is 95.6 Å². The molecule has 0 spiro atoms. The molecular weight excluding hydrogens is 206 g/mol. The predicted molar refractivity (Wildman–Crippen MR) is 64.5 cm³/mol. The van der Waals surface area contributed by atoms with Gasteiger partial charge in [0.1, 0.15) is 0 Å². The first-order valence-corrected chi connectivity index (χ1v) is 5.80. The van der Waals surface area contributed by atoms with Gasteiger partial charge < -0.3 is 0 Å². The molecule has 0 aliphatic heterocycles. The Morgan fingerprint density at radius 1 is 1.27 bits per heavy atom. The maximum absolute atomic E-state index is 11.5. The lowest BCUT2D eigenvalue weighted by molar-refractivity contribution is -0.120. The molecule has 1 amide bonds. The highest BCUT2D eigenvalue weighted by atomic mass is 32.2. The summed E-state index contributed by atoms with van der Waals surface area (Å²) in [4.78, 5) is 12.6. The van der Waals surface area contributed by atoms with Gasteiger partial charge in [0.15, 0.2) is 0 Å². The van der Waals surface area contributed by atoms with E-state index in [-0.39, 0.29) is 11.3 Å². The first-order valence-electron chi connectivity index (χ1n) is 4.98. The Balaban J connectivity index is 2.35. The molecule has 0 fully saturated rings. The zero-order valence-corrected chi connectivity index (χ0v) is 10.2. The van der Waals surface area contributed by atoms with Crippen LogP contribution >= 0.6 is 11.9 Å².